The molecule has 0 aromatic heterocycles. The van der Waals surface area contributed by atoms with Gasteiger partial charge in [-0.05, 0) is 39.0 Å². The lowest BCUT2D eigenvalue weighted by Gasteiger charge is -2.35. The van der Waals surface area contributed by atoms with E-state index in [0.29, 0.717) is 11.9 Å². The number of amides is 2. The van der Waals surface area contributed by atoms with Crippen LogP contribution < -0.4 is 10.6 Å². The van der Waals surface area contributed by atoms with Crippen LogP contribution in [0.4, 0.5) is 0 Å². The van der Waals surface area contributed by atoms with E-state index in [-0.39, 0.29) is 30.5 Å². The Labute approximate surface area is 165 Å². The van der Waals surface area contributed by atoms with Gasteiger partial charge in [0.15, 0.2) is 5.96 Å². The van der Waals surface area contributed by atoms with Crippen LogP contribution in [-0.4, -0.2) is 73.4 Å². The summed E-state index contributed by atoms with van der Waals surface area (Å²) < 4.78 is 0. The highest BCUT2D eigenvalue weighted by atomic mass is 16.2. The van der Waals surface area contributed by atoms with Gasteiger partial charge in [-0.1, -0.05) is 20.8 Å². The lowest BCUT2D eigenvalue weighted by Crippen LogP contribution is -2.52. The molecule has 7 nitrogen and oxygen atoms in total. The zero-order valence-corrected chi connectivity index (χ0v) is 18.0. The minimum atomic E-state index is -0.0224. The number of carbonyl (C=O) groups is 2. The highest BCUT2D eigenvalue weighted by molar-refractivity contribution is 5.85. The zero-order valence-electron chi connectivity index (χ0n) is 18.0. The first-order valence-corrected chi connectivity index (χ1v) is 10.4. The Morgan fingerprint density at radius 2 is 1.70 bits per heavy atom. The predicted octanol–water partition coefficient (Wildman–Crippen LogP) is 1.84. The molecule has 27 heavy (non-hydrogen) atoms. The molecule has 0 aromatic rings. The van der Waals surface area contributed by atoms with Crippen molar-refractivity contribution in [3.8, 4) is 0 Å². The number of nitrogens with zero attached hydrogens (tertiary/aromatic N) is 3. The number of hydrogen-bond donors (Lipinski definition) is 2. The highest BCUT2D eigenvalue weighted by Crippen LogP contribution is 2.17. The van der Waals surface area contributed by atoms with Crippen molar-refractivity contribution in [2.45, 2.75) is 71.9 Å². The van der Waals surface area contributed by atoms with Crippen molar-refractivity contribution in [2.24, 2.45) is 10.9 Å². The van der Waals surface area contributed by atoms with Crippen LogP contribution in [0.15, 0.2) is 4.99 Å². The van der Waals surface area contributed by atoms with Gasteiger partial charge in [-0.3, -0.25) is 9.59 Å². The molecule has 1 saturated heterocycles. The van der Waals surface area contributed by atoms with Crippen LogP contribution in [0, 0.1) is 5.92 Å². The maximum Gasteiger partial charge on any atom is 0.243 e. The Bertz CT molecular complexity index is 495. The number of piperidine rings is 1. The first-order valence-electron chi connectivity index (χ1n) is 10.4. The number of nitrogens with one attached hydrogen (secondary N) is 2. The minimum absolute atomic E-state index is 0.0224. The van der Waals surface area contributed by atoms with Crippen LogP contribution in [0.25, 0.3) is 0 Å². The van der Waals surface area contributed by atoms with E-state index in [1.54, 1.807) is 19.0 Å². The van der Waals surface area contributed by atoms with Gasteiger partial charge in [0.25, 0.3) is 0 Å². The van der Waals surface area contributed by atoms with Crippen LogP contribution in [0.1, 0.15) is 59.8 Å². The topological polar surface area (TPSA) is 77.0 Å². The quantitative estimate of drug-likeness (QED) is 0.497. The fourth-order valence-electron chi connectivity index (χ4n) is 3.09. The van der Waals surface area contributed by atoms with E-state index in [2.05, 4.69) is 43.3 Å². The fraction of sp³-hybridized carbons (Fsp3) is 0.850. The molecular weight excluding hydrogens is 342 g/mol. The second kappa shape index (κ2) is 11.8. The first-order chi connectivity index (χ1) is 12.8. The molecule has 1 heterocycles. The molecule has 0 radical (unpaired) electrons. The Hall–Kier alpha value is -1.79. The monoisotopic (exact) mass is 381 g/mol. The molecule has 2 N–H and O–H groups in total. The number of aliphatic imine (C=N–C) groups is 1. The summed E-state index contributed by atoms with van der Waals surface area (Å²) in [5, 5.41) is 6.83. The number of likely N-dealkylation sites (tertiary alicyclic amines) is 1. The Morgan fingerprint density at radius 3 is 2.19 bits per heavy atom. The lowest BCUT2D eigenvalue weighted by atomic mass is 9.98. The summed E-state index contributed by atoms with van der Waals surface area (Å²) in [4.78, 5) is 32.4. The molecular formula is C20H39N5O2. The van der Waals surface area contributed by atoms with E-state index in [1.807, 2.05) is 4.90 Å². The van der Waals surface area contributed by atoms with Gasteiger partial charge in [0.1, 0.15) is 6.54 Å². The Morgan fingerprint density at radius 1 is 1.11 bits per heavy atom. The Kier molecular flexibility index (Phi) is 10.2. The van der Waals surface area contributed by atoms with Crippen molar-refractivity contribution in [3.63, 3.8) is 0 Å². The van der Waals surface area contributed by atoms with Gasteiger partial charge >= 0.3 is 0 Å². The second-order valence-corrected chi connectivity index (χ2v) is 7.66. The summed E-state index contributed by atoms with van der Waals surface area (Å²) in [5.74, 6) is 1.10. The molecule has 1 rings (SSSR count). The van der Waals surface area contributed by atoms with E-state index in [0.717, 1.165) is 45.2 Å². The largest absolute Gasteiger partial charge is 0.354 e. The number of carbonyl (C=O) groups excluding carboxylic acids is 2. The third-order valence-corrected chi connectivity index (χ3v) is 5.35. The van der Waals surface area contributed by atoms with Crippen LogP contribution in [-0.2, 0) is 9.59 Å². The maximum atomic E-state index is 12.5. The predicted molar refractivity (Wildman–Crippen MR) is 111 cm³/mol. The number of rotatable bonds is 8. The van der Waals surface area contributed by atoms with Crippen LogP contribution in [0.3, 0.4) is 0 Å². The van der Waals surface area contributed by atoms with Gasteiger partial charge in [0.2, 0.25) is 11.8 Å². The lowest BCUT2D eigenvalue weighted by molar-refractivity contribution is -0.136. The molecule has 0 aliphatic carbocycles. The zero-order chi connectivity index (χ0) is 20.4. The third kappa shape index (κ3) is 7.77. The first kappa shape index (κ1) is 23.2. The summed E-state index contributed by atoms with van der Waals surface area (Å²) in [6.07, 6.45) is 4.58. The van der Waals surface area contributed by atoms with E-state index in [9.17, 15) is 9.59 Å². The fourth-order valence-corrected chi connectivity index (χ4v) is 3.09. The summed E-state index contributed by atoms with van der Waals surface area (Å²) in [6.45, 7) is 10.1. The van der Waals surface area contributed by atoms with Gasteiger partial charge in [0, 0.05) is 45.2 Å². The molecule has 156 valence electrons. The van der Waals surface area contributed by atoms with Crippen molar-refractivity contribution in [1.82, 2.24) is 20.4 Å². The molecule has 0 bridgehead atoms. The molecule has 2 amide bonds. The number of guanidine groups is 1. The van der Waals surface area contributed by atoms with Crippen LogP contribution in [0.5, 0.6) is 0 Å². The molecule has 7 heteroatoms. The van der Waals surface area contributed by atoms with E-state index in [1.165, 1.54) is 0 Å². The summed E-state index contributed by atoms with van der Waals surface area (Å²) in [6, 6.07) is 0.544. The SMILES string of the molecule is CCC(C)NC(=NCC(=O)N(C)C)NC1CCN(C(=O)C(CC)CC)CC1. The van der Waals surface area contributed by atoms with Crippen LogP contribution >= 0.6 is 0 Å². The van der Waals surface area contributed by atoms with Gasteiger partial charge in [-0.25, -0.2) is 4.99 Å². The third-order valence-electron chi connectivity index (χ3n) is 5.35. The average molecular weight is 382 g/mol. The van der Waals surface area contributed by atoms with E-state index in [4.69, 9.17) is 0 Å². The molecule has 0 spiro atoms. The number of hydrogen-bond acceptors (Lipinski definition) is 3. The van der Waals surface area contributed by atoms with Gasteiger partial charge < -0.3 is 20.4 Å². The van der Waals surface area contributed by atoms with E-state index < -0.39 is 0 Å². The Balaban J connectivity index is 2.63. The molecule has 0 saturated carbocycles. The smallest absolute Gasteiger partial charge is 0.243 e. The number of likely N-dealkylation sites (N-methyl/N-ethyl adjacent to an activating group) is 1. The van der Waals surface area contributed by atoms with Crippen molar-refractivity contribution < 1.29 is 9.59 Å². The summed E-state index contributed by atoms with van der Waals surface area (Å²) in [5.41, 5.74) is 0. The van der Waals surface area contributed by atoms with Gasteiger partial charge in [0.05, 0.1) is 0 Å². The van der Waals surface area contributed by atoms with Crippen molar-refractivity contribution in [1.29, 1.82) is 0 Å². The maximum absolute atomic E-state index is 12.5. The van der Waals surface area contributed by atoms with Crippen molar-refractivity contribution >= 4 is 17.8 Å². The minimum Gasteiger partial charge on any atom is -0.354 e. The molecule has 1 fully saturated rings. The summed E-state index contributed by atoms with van der Waals surface area (Å²) in [7, 11) is 3.47. The molecule has 1 atom stereocenters. The van der Waals surface area contributed by atoms with Crippen molar-refractivity contribution in [3.05, 3.63) is 0 Å². The van der Waals surface area contributed by atoms with Gasteiger partial charge in [-0.15, -0.1) is 0 Å². The molecule has 1 aliphatic rings. The average Bonchev–Trinajstić information content (AvgIpc) is 2.66. The molecule has 0 aromatic carbocycles. The normalized spacial score (nSPS) is 17.0. The van der Waals surface area contributed by atoms with E-state index >= 15 is 0 Å². The molecule has 1 aliphatic heterocycles. The van der Waals surface area contributed by atoms with Crippen molar-refractivity contribution in [2.75, 3.05) is 33.7 Å². The van der Waals surface area contributed by atoms with Crippen LogP contribution in [0.2, 0.25) is 0 Å². The standard InChI is InChI=1S/C20H39N5O2/c1-7-15(4)22-20(21-14-18(26)24(5)6)23-17-10-12-25(13-11-17)19(27)16(8-2)9-3/h15-17H,7-14H2,1-6H3,(H2,21,22,23). The molecule has 1 unspecified atom stereocenters. The van der Waals surface area contributed by atoms with Gasteiger partial charge in [-0.2, -0.15) is 0 Å². The second-order valence-electron chi connectivity index (χ2n) is 7.66. The summed E-state index contributed by atoms with van der Waals surface area (Å²) >= 11 is 0. The highest BCUT2D eigenvalue weighted by Gasteiger charge is 2.27.